The van der Waals surface area contributed by atoms with Gasteiger partial charge in [-0.05, 0) is 11.1 Å². The van der Waals surface area contributed by atoms with Gasteiger partial charge in [0, 0.05) is 31.5 Å². The number of hydrogen-bond acceptors (Lipinski definition) is 3. The van der Waals surface area contributed by atoms with E-state index in [1.54, 1.807) is 11.0 Å². The number of aliphatic carboxylic acids is 1. The highest BCUT2D eigenvalue weighted by Gasteiger charge is 2.32. The van der Waals surface area contributed by atoms with Crippen molar-refractivity contribution in [2.45, 2.75) is 39.7 Å². The molecule has 0 fully saturated rings. The molecule has 0 radical (unpaired) electrons. The van der Waals surface area contributed by atoms with Crippen molar-refractivity contribution in [1.82, 2.24) is 10.2 Å². The number of hydrogen-bond donors (Lipinski definition) is 2. The first-order valence-corrected chi connectivity index (χ1v) is 8.07. The molecule has 130 valence electrons. The van der Waals surface area contributed by atoms with Crippen LogP contribution in [0.5, 0.6) is 0 Å². The van der Waals surface area contributed by atoms with Crippen LogP contribution in [0, 0.1) is 5.41 Å². The number of carbonyl (C=O) groups is 3. The summed E-state index contributed by atoms with van der Waals surface area (Å²) in [6.45, 7) is 6.25. The first-order valence-electron chi connectivity index (χ1n) is 8.07. The maximum absolute atomic E-state index is 12.4. The van der Waals surface area contributed by atoms with Crippen LogP contribution >= 0.6 is 0 Å². The van der Waals surface area contributed by atoms with Gasteiger partial charge in [0.25, 0.3) is 0 Å². The Bertz CT molecular complexity index is 649. The fourth-order valence-corrected chi connectivity index (χ4v) is 2.71. The van der Waals surface area contributed by atoms with Gasteiger partial charge in [-0.1, -0.05) is 45.0 Å². The van der Waals surface area contributed by atoms with Crippen molar-refractivity contribution in [2.75, 3.05) is 13.1 Å². The molecule has 0 aliphatic carbocycles. The molecule has 1 aliphatic heterocycles. The van der Waals surface area contributed by atoms with Crippen molar-refractivity contribution in [3.63, 3.8) is 0 Å². The smallest absolute Gasteiger partial charge is 0.312 e. The number of nitrogens with one attached hydrogen (secondary N) is 1. The molecule has 0 saturated heterocycles. The van der Waals surface area contributed by atoms with Gasteiger partial charge in [0.1, 0.15) is 0 Å². The zero-order chi connectivity index (χ0) is 17.9. The van der Waals surface area contributed by atoms with Gasteiger partial charge < -0.3 is 15.3 Å². The largest absolute Gasteiger partial charge is 0.481 e. The van der Waals surface area contributed by atoms with Crippen molar-refractivity contribution in [3.05, 3.63) is 35.4 Å². The molecule has 6 heteroatoms. The Kier molecular flexibility index (Phi) is 5.26. The van der Waals surface area contributed by atoms with E-state index in [1.165, 1.54) is 0 Å². The number of carboxylic acid groups (broad SMARTS) is 1. The Morgan fingerprint density at radius 2 is 1.92 bits per heavy atom. The van der Waals surface area contributed by atoms with E-state index in [0.717, 1.165) is 11.1 Å². The first-order chi connectivity index (χ1) is 11.2. The number of amides is 2. The van der Waals surface area contributed by atoms with E-state index in [9.17, 15) is 19.5 Å². The molecule has 1 atom stereocenters. The van der Waals surface area contributed by atoms with Gasteiger partial charge in [-0.25, -0.2) is 0 Å². The highest BCUT2D eigenvalue weighted by Crippen LogP contribution is 2.28. The van der Waals surface area contributed by atoms with Gasteiger partial charge in [0.15, 0.2) is 0 Å². The summed E-state index contributed by atoms with van der Waals surface area (Å²) in [5.41, 5.74) is 1.14. The lowest BCUT2D eigenvalue weighted by molar-refractivity contribution is -0.141. The monoisotopic (exact) mass is 332 g/mol. The van der Waals surface area contributed by atoms with Gasteiger partial charge in [-0.2, -0.15) is 0 Å². The average molecular weight is 332 g/mol. The Balaban J connectivity index is 1.99. The summed E-state index contributed by atoms with van der Waals surface area (Å²) in [6.07, 6.45) is 0.163. The van der Waals surface area contributed by atoms with Gasteiger partial charge in [-0.15, -0.1) is 0 Å². The summed E-state index contributed by atoms with van der Waals surface area (Å²) in [6, 6.07) is 7.31. The minimum Gasteiger partial charge on any atom is -0.481 e. The van der Waals surface area contributed by atoms with Crippen LogP contribution in [0.4, 0.5) is 0 Å². The van der Waals surface area contributed by atoms with Crippen LogP contribution in [0.25, 0.3) is 0 Å². The van der Waals surface area contributed by atoms with E-state index >= 15 is 0 Å². The molecule has 2 amide bonds. The topological polar surface area (TPSA) is 86.7 Å². The molecule has 24 heavy (non-hydrogen) atoms. The molecular weight excluding hydrogens is 308 g/mol. The summed E-state index contributed by atoms with van der Waals surface area (Å²) in [7, 11) is 0. The molecule has 2 rings (SSSR count). The van der Waals surface area contributed by atoms with E-state index in [2.05, 4.69) is 5.32 Å². The normalized spacial score (nSPS) is 17.1. The molecular formula is C18H24N2O4. The molecule has 6 nitrogen and oxygen atoms in total. The number of nitrogens with zero attached hydrogens (tertiary/aromatic N) is 1. The Morgan fingerprint density at radius 3 is 2.54 bits per heavy atom. The number of carboxylic acids is 1. The van der Waals surface area contributed by atoms with E-state index in [4.69, 9.17) is 0 Å². The zero-order valence-electron chi connectivity index (χ0n) is 14.3. The van der Waals surface area contributed by atoms with Crippen molar-refractivity contribution < 1.29 is 19.5 Å². The van der Waals surface area contributed by atoms with E-state index < -0.39 is 17.3 Å². The zero-order valence-corrected chi connectivity index (χ0v) is 14.3. The van der Waals surface area contributed by atoms with E-state index in [1.807, 2.05) is 39.0 Å². The summed E-state index contributed by atoms with van der Waals surface area (Å²) in [5, 5.41) is 12.2. The lowest BCUT2D eigenvalue weighted by Gasteiger charge is -2.33. The van der Waals surface area contributed by atoms with E-state index in [0.29, 0.717) is 6.54 Å². The van der Waals surface area contributed by atoms with Gasteiger partial charge in [0.2, 0.25) is 11.8 Å². The van der Waals surface area contributed by atoms with Crippen LogP contribution in [0.2, 0.25) is 0 Å². The molecule has 1 aromatic carbocycles. The van der Waals surface area contributed by atoms with Gasteiger partial charge in [0.05, 0.1) is 5.92 Å². The van der Waals surface area contributed by atoms with Crippen molar-refractivity contribution in [3.8, 4) is 0 Å². The molecule has 1 unspecified atom stereocenters. The number of rotatable bonds is 4. The molecule has 1 aliphatic rings. The van der Waals surface area contributed by atoms with Crippen molar-refractivity contribution >= 4 is 17.8 Å². The van der Waals surface area contributed by atoms with Crippen LogP contribution in [-0.2, 0) is 20.9 Å². The standard InChI is InChI=1S/C18H24N2O4/c1-18(2,3)17(24)19-9-8-15(21)20-10-12-6-4-5-7-13(12)14(11-20)16(22)23/h4-7,14H,8-11H2,1-3H3,(H,19,24)(H,22,23). The molecule has 1 aromatic rings. The lowest BCUT2D eigenvalue weighted by Crippen LogP contribution is -2.42. The predicted molar refractivity (Wildman–Crippen MR) is 89.3 cm³/mol. The quantitative estimate of drug-likeness (QED) is 0.879. The molecule has 1 heterocycles. The summed E-state index contributed by atoms with van der Waals surface area (Å²) in [5.74, 6) is -1.89. The maximum Gasteiger partial charge on any atom is 0.312 e. The fourth-order valence-electron chi connectivity index (χ4n) is 2.71. The Morgan fingerprint density at radius 1 is 1.25 bits per heavy atom. The van der Waals surface area contributed by atoms with Crippen LogP contribution in [0.3, 0.4) is 0 Å². The van der Waals surface area contributed by atoms with E-state index in [-0.39, 0.29) is 31.3 Å². The Labute approximate surface area is 141 Å². The van der Waals surface area contributed by atoms with Gasteiger partial charge in [-0.3, -0.25) is 14.4 Å². The fraction of sp³-hybridized carbons (Fsp3) is 0.500. The molecule has 2 N–H and O–H groups in total. The summed E-state index contributed by atoms with van der Waals surface area (Å²) >= 11 is 0. The lowest BCUT2D eigenvalue weighted by atomic mass is 9.89. The highest BCUT2D eigenvalue weighted by atomic mass is 16.4. The van der Waals surface area contributed by atoms with Crippen molar-refractivity contribution in [2.24, 2.45) is 5.41 Å². The van der Waals surface area contributed by atoms with Crippen LogP contribution in [-0.4, -0.2) is 40.9 Å². The predicted octanol–water partition coefficient (Wildman–Crippen LogP) is 1.75. The second-order valence-corrected chi connectivity index (χ2v) is 7.12. The molecule has 0 aromatic heterocycles. The minimum atomic E-state index is -0.930. The van der Waals surface area contributed by atoms with Crippen LogP contribution in [0.15, 0.2) is 24.3 Å². The molecule has 0 saturated carbocycles. The van der Waals surface area contributed by atoms with Crippen molar-refractivity contribution in [1.29, 1.82) is 0 Å². The third-order valence-corrected chi connectivity index (χ3v) is 4.15. The SMILES string of the molecule is CC(C)(C)C(=O)NCCC(=O)N1Cc2ccccc2C(C(=O)O)C1. The Hall–Kier alpha value is -2.37. The number of fused-ring (bicyclic) bond motifs is 1. The molecule has 0 spiro atoms. The summed E-state index contributed by atoms with van der Waals surface area (Å²) in [4.78, 5) is 37.3. The third-order valence-electron chi connectivity index (χ3n) is 4.15. The average Bonchev–Trinajstić information content (AvgIpc) is 2.52. The third kappa shape index (κ3) is 4.13. The highest BCUT2D eigenvalue weighted by molar-refractivity contribution is 5.83. The van der Waals surface area contributed by atoms with Gasteiger partial charge >= 0.3 is 5.97 Å². The maximum atomic E-state index is 12.4. The van der Waals surface area contributed by atoms with Crippen LogP contribution < -0.4 is 5.32 Å². The molecule has 0 bridgehead atoms. The number of carbonyl (C=O) groups excluding carboxylic acids is 2. The summed E-state index contributed by atoms with van der Waals surface area (Å²) < 4.78 is 0. The minimum absolute atomic E-state index is 0.109. The second-order valence-electron chi connectivity index (χ2n) is 7.12. The second kappa shape index (κ2) is 7.03. The first kappa shape index (κ1) is 18.0. The van der Waals surface area contributed by atoms with Crippen LogP contribution in [0.1, 0.15) is 44.2 Å². The number of benzene rings is 1.